The minimum atomic E-state index is -1.25. The molecule has 0 fully saturated rings. The van der Waals surface area contributed by atoms with Gasteiger partial charge in [0.15, 0.2) is 0 Å². The molecular weight excluding hydrogens is 267 g/mol. The van der Waals surface area contributed by atoms with Crippen LogP contribution in [0.25, 0.3) is 5.69 Å². The second kappa shape index (κ2) is 6.13. The van der Waals surface area contributed by atoms with Crippen molar-refractivity contribution in [2.75, 3.05) is 0 Å². The summed E-state index contributed by atoms with van der Waals surface area (Å²) in [6, 6.07) is 8.20. The first-order valence-electron chi connectivity index (χ1n) is 4.62. The first-order valence-corrected chi connectivity index (χ1v) is 4.99. The van der Waals surface area contributed by atoms with Crippen LogP contribution in [-0.4, -0.2) is 15.7 Å². The van der Waals surface area contributed by atoms with E-state index in [4.69, 9.17) is 11.6 Å². The third-order valence-corrected chi connectivity index (χ3v) is 2.36. The Morgan fingerprint density at radius 1 is 1.35 bits per heavy atom. The number of hydrogen-bond acceptors (Lipinski definition) is 3. The van der Waals surface area contributed by atoms with Gasteiger partial charge in [0.2, 0.25) is 0 Å². The van der Waals surface area contributed by atoms with Gasteiger partial charge in [-0.05, 0) is 37.3 Å². The van der Waals surface area contributed by atoms with E-state index in [0.29, 0.717) is 16.4 Å². The largest absolute Gasteiger partial charge is 1.00 e. The number of aryl methyl sites for hydroxylation is 1. The Morgan fingerprint density at radius 2 is 1.94 bits per heavy atom. The van der Waals surface area contributed by atoms with Gasteiger partial charge in [-0.1, -0.05) is 11.6 Å². The normalized spacial score (nSPS) is 9.76. The van der Waals surface area contributed by atoms with Crippen molar-refractivity contribution in [3.63, 3.8) is 0 Å². The molecule has 4 nitrogen and oxygen atoms in total. The topological polar surface area (TPSA) is 57.9 Å². The van der Waals surface area contributed by atoms with Gasteiger partial charge in [0.1, 0.15) is 0 Å². The van der Waals surface area contributed by atoms with Crippen LogP contribution in [0.2, 0.25) is 5.02 Å². The molecule has 82 valence electrons. The van der Waals surface area contributed by atoms with Gasteiger partial charge in [-0.25, -0.2) is 4.68 Å². The first-order chi connectivity index (χ1) is 7.58. The van der Waals surface area contributed by atoms with Crippen molar-refractivity contribution in [1.29, 1.82) is 0 Å². The monoisotopic (exact) mass is 274 g/mol. The van der Waals surface area contributed by atoms with E-state index in [1.54, 1.807) is 31.2 Å². The molecule has 1 aromatic carbocycles. The molecule has 6 heteroatoms. The molecule has 0 aliphatic heterocycles. The maximum Gasteiger partial charge on any atom is 1.00 e. The minimum Gasteiger partial charge on any atom is -0.543 e. The van der Waals surface area contributed by atoms with Gasteiger partial charge in [0, 0.05) is 5.02 Å². The van der Waals surface area contributed by atoms with Gasteiger partial charge in [0.05, 0.1) is 23.0 Å². The average molecular weight is 275 g/mol. The van der Waals surface area contributed by atoms with Crippen LogP contribution >= 0.6 is 11.6 Å². The van der Waals surface area contributed by atoms with Crippen LogP contribution < -0.4 is 56.5 Å². The fraction of sp³-hybridized carbons (Fsp3) is 0.0909. The maximum atomic E-state index is 10.9. The van der Waals surface area contributed by atoms with Gasteiger partial charge < -0.3 is 9.90 Å². The van der Waals surface area contributed by atoms with Crippen molar-refractivity contribution in [2.45, 2.75) is 6.92 Å². The van der Waals surface area contributed by atoms with Crippen LogP contribution in [0.5, 0.6) is 0 Å². The van der Waals surface area contributed by atoms with Crippen LogP contribution in [0.1, 0.15) is 16.2 Å². The second-order valence-electron chi connectivity index (χ2n) is 3.35. The molecule has 17 heavy (non-hydrogen) atoms. The van der Waals surface area contributed by atoms with Crippen molar-refractivity contribution in [2.24, 2.45) is 0 Å². The number of carbonyl (C=O) groups excluding carboxylic acids is 1. The summed E-state index contributed by atoms with van der Waals surface area (Å²) in [5, 5.41) is 15.5. The predicted octanol–water partition coefficient (Wildman–Crippen LogP) is -1.80. The van der Waals surface area contributed by atoms with Gasteiger partial charge >= 0.3 is 51.4 Å². The number of benzene rings is 1. The van der Waals surface area contributed by atoms with Crippen molar-refractivity contribution in [1.82, 2.24) is 9.78 Å². The number of carboxylic acid groups (broad SMARTS) is 1. The quantitative estimate of drug-likeness (QED) is 0.608. The third kappa shape index (κ3) is 3.40. The maximum absolute atomic E-state index is 10.9. The number of halogens is 1. The molecule has 0 spiro atoms. The van der Waals surface area contributed by atoms with Crippen LogP contribution in [0.15, 0.2) is 30.3 Å². The summed E-state index contributed by atoms with van der Waals surface area (Å²) in [4.78, 5) is 10.9. The van der Waals surface area contributed by atoms with E-state index in [2.05, 4.69) is 5.10 Å². The van der Waals surface area contributed by atoms with Crippen molar-refractivity contribution in [3.05, 3.63) is 46.7 Å². The second-order valence-corrected chi connectivity index (χ2v) is 3.78. The first kappa shape index (κ1) is 14.9. The molecule has 0 unspecified atom stereocenters. The Balaban J connectivity index is 0.00000144. The number of rotatable bonds is 2. The Kier molecular flexibility index (Phi) is 5.37. The summed E-state index contributed by atoms with van der Waals surface area (Å²) in [6.07, 6.45) is 0. The van der Waals surface area contributed by atoms with Gasteiger partial charge in [0.25, 0.3) is 0 Å². The Bertz CT molecular complexity index is 537. The van der Waals surface area contributed by atoms with Crippen molar-refractivity contribution < 1.29 is 61.3 Å². The molecule has 2 aromatic rings. The number of carboxylic acids is 1. The van der Waals surface area contributed by atoms with Gasteiger partial charge in [-0.15, -0.1) is 0 Å². The molecule has 1 heterocycles. The Morgan fingerprint density at radius 3 is 2.47 bits per heavy atom. The molecular formula is C11H8ClKN2O2. The number of nitrogens with zero attached hydrogens (tertiary/aromatic N) is 2. The fourth-order valence-corrected chi connectivity index (χ4v) is 1.55. The molecule has 0 radical (unpaired) electrons. The molecule has 1 aromatic heterocycles. The van der Waals surface area contributed by atoms with Crippen molar-refractivity contribution >= 4 is 17.6 Å². The smallest absolute Gasteiger partial charge is 0.543 e. The summed E-state index contributed by atoms with van der Waals surface area (Å²) >= 11 is 5.75. The molecule has 0 aliphatic rings. The van der Waals surface area contributed by atoms with E-state index in [-0.39, 0.29) is 57.1 Å². The minimum absolute atomic E-state index is 0. The molecule has 0 amide bonds. The van der Waals surface area contributed by atoms with Crippen LogP contribution in [-0.2, 0) is 0 Å². The average Bonchev–Trinajstić information content (AvgIpc) is 2.61. The van der Waals surface area contributed by atoms with Gasteiger partial charge in [-0.2, -0.15) is 5.10 Å². The molecule has 0 saturated heterocycles. The van der Waals surface area contributed by atoms with E-state index >= 15 is 0 Å². The van der Waals surface area contributed by atoms with Crippen LogP contribution in [0, 0.1) is 6.92 Å². The number of aromatic nitrogens is 2. The van der Waals surface area contributed by atoms with E-state index in [1.807, 2.05) is 0 Å². The summed E-state index contributed by atoms with van der Waals surface area (Å²) < 4.78 is 1.32. The standard InChI is InChI=1S/C11H9ClN2O2.K/c1-7-6-10(11(15)16)14(13-7)9-4-2-8(12)3-5-9;/h2-6H,1H3,(H,15,16);/q;+1/p-1. The molecule has 0 atom stereocenters. The molecule has 0 saturated carbocycles. The zero-order chi connectivity index (χ0) is 11.7. The molecule has 0 bridgehead atoms. The predicted molar refractivity (Wildman–Crippen MR) is 57.6 cm³/mol. The Labute approximate surface area is 146 Å². The van der Waals surface area contributed by atoms with E-state index < -0.39 is 5.97 Å². The van der Waals surface area contributed by atoms with E-state index in [9.17, 15) is 9.90 Å². The van der Waals surface area contributed by atoms with Crippen molar-refractivity contribution in [3.8, 4) is 5.69 Å². The third-order valence-electron chi connectivity index (χ3n) is 2.11. The van der Waals surface area contributed by atoms with E-state index in [1.165, 1.54) is 10.7 Å². The molecule has 0 N–H and O–H groups in total. The SMILES string of the molecule is Cc1cc(C(=O)[O-])n(-c2ccc(Cl)cc2)n1.[K+]. The number of aromatic carboxylic acids is 1. The summed E-state index contributed by atoms with van der Waals surface area (Å²) in [5.41, 5.74) is 1.28. The van der Waals surface area contributed by atoms with Crippen LogP contribution in [0.4, 0.5) is 0 Å². The van der Waals surface area contributed by atoms with Crippen LogP contribution in [0.3, 0.4) is 0 Å². The summed E-state index contributed by atoms with van der Waals surface area (Å²) in [6.45, 7) is 1.72. The van der Waals surface area contributed by atoms with E-state index in [0.717, 1.165) is 0 Å². The summed E-state index contributed by atoms with van der Waals surface area (Å²) in [7, 11) is 0. The summed E-state index contributed by atoms with van der Waals surface area (Å²) in [5.74, 6) is -1.25. The zero-order valence-electron chi connectivity index (χ0n) is 9.48. The van der Waals surface area contributed by atoms with Gasteiger partial charge in [-0.3, -0.25) is 0 Å². The molecule has 2 rings (SSSR count). The number of hydrogen-bond donors (Lipinski definition) is 0. The Hall–Kier alpha value is -0.174. The number of carbonyl (C=O) groups is 1. The zero-order valence-corrected chi connectivity index (χ0v) is 13.4. The molecule has 0 aliphatic carbocycles. The fourth-order valence-electron chi connectivity index (χ4n) is 1.42.